The lowest BCUT2D eigenvalue weighted by molar-refractivity contribution is 0.143. The van der Waals surface area contributed by atoms with E-state index in [2.05, 4.69) is 17.1 Å². The van der Waals surface area contributed by atoms with Crippen LogP contribution in [0.15, 0.2) is 24.3 Å². The minimum atomic E-state index is -0.0871. The van der Waals surface area contributed by atoms with Crippen molar-refractivity contribution in [1.29, 1.82) is 0 Å². The molecular formula is C14H21FN2. The zero-order valence-corrected chi connectivity index (χ0v) is 10.6. The minimum Gasteiger partial charge on any atom is -0.317 e. The molecule has 1 saturated heterocycles. The smallest absolute Gasteiger partial charge is 0.127 e. The molecule has 17 heavy (non-hydrogen) atoms. The molecule has 1 aliphatic rings. The van der Waals surface area contributed by atoms with E-state index in [-0.39, 0.29) is 5.82 Å². The molecule has 2 rings (SSSR count). The third-order valence-electron chi connectivity index (χ3n) is 3.71. The van der Waals surface area contributed by atoms with E-state index >= 15 is 0 Å². The van der Waals surface area contributed by atoms with Crippen molar-refractivity contribution >= 4 is 0 Å². The zero-order valence-electron chi connectivity index (χ0n) is 10.6. The standard InChI is InChI=1S/C14H21FN2/c1-11-9-17(8-7-14(11)16-2)10-12-5-3-4-6-13(12)15/h3-6,11,14,16H,7-10H2,1-2H3. The number of nitrogens with zero attached hydrogens (tertiary/aromatic N) is 1. The van der Waals surface area contributed by atoms with Crippen LogP contribution in [0.1, 0.15) is 18.9 Å². The van der Waals surface area contributed by atoms with Crippen molar-refractivity contribution in [3.05, 3.63) is 35.6 Å². The molecule has 94 valence electrons. The van der Waals surface area contributed by atoms with Crippen LogP contribution in [0.5, 0.6) is 0 Å². The van der Waals surface area contributed by atoms with Gasteiger partial charge in [0.15, 0.2) is 0 Å². The van der Waals surface area contributed by atoms with Crippen molar-refractivity contribution in [2.75, 3.05) is 20.1 Å². The molecule has 2 nitrogen and oxygen atoms in total. The molecule has 0 spiro atoms. The molecule has 1 N–H and O–H groups in total. The molecular weight excluding hydrogens is 215 g/mol. The van der Waals surface area contributed by atoms with Gasteiger partial charge in [-0.2, -0.15) is 0 Å². The Balaban J connectivity index is 1.95. The monoisotopic (exact) mass is 236 g/mol. The molecule has 0 aromatic heterocycles. The summed E-state index contributed by atoms with van der Waals surface area (Å²) in [5.74, 6) is 0.538. The number of piperidine rings is 1. The van der Waals surface area contributed by atoms with Crippen LogP contribution in [0.4, 0.5) is 4.39 Å². The Kier molecular flexibility index (Phi) is 4.13. The largest absolute Gasteiger partial charge is 0.317 e. The molecule has 2 unspecified atom stereocenters. The summed E-state index contributed by atoms with van der Waals surface area (Å²) in [6, 6.07) is 7.67. The molecule has 1 aromatic carbocycles. The molecule has 0 radical (unpaired) electrons. The Hall–Kier alpha value is -0.930. The third kappa shape index (κ3) is 3.05. The summed E-state index contributed by atoms with van der Waals surface area (Å²) in [5, 5.41) is 3.35. The first kappa shape index (κ1) is 12.5. The molecule has 2 atom stereocenters. The Bertz CT molecular complexity index is 367. The van der Waals surface area contributed by atoms with E-state index < -0.39 is 0 Å². The number of benzene rings is 1. The zero-order chi connectivity index (χ0) is 12.3. The fourth-order valence-corrected chi connectivity index (χ4v) is 2.67. The van der Waals surface area contributed by atoms with Crippen LogP contribution >= 0.6 is 0 Å². The lowest BCUT2D eigenvalue weighted by atomic mass is 9.94. The molecule has 0 saturated carbocycles. The highest BCUT2D eigenvalue weighted by molar-refractivity contribution is 5.17. The quantitative estimate of drug-likeness (QED) is 0.866. The maximum Gasteiger partial charge on any atom is 0.127 e. The number of hydrogen-bond acceptors (Lipinski definition) is 2. The maximum absolute atomic E-state index is 13.5. The highest BCUT2D eigenvalue weighted by atomic mass is 19.1. The fourth-order valence-electron chi connectivity index (χ4n) is 2.67. The van der Waals surface area contributed by atoms with Crippen LogP contribution in [0, 0.1) is 11.7 Å². The van der Waals surface area contributed by atoms with Crippen LogP contribution in [0.3, 0.4) is 0 Å². The van der Waals surface area contributed by atoms with Crippen molar-refractivity contribution in [2.24, 2.45) is 5.92 Å². The van der Waals surface area contributed by atoms with Gasteiger partial charge in [-0.15, -0.1) is 0 Å². The first-order chi connectivity index (χ1) is 8.20. The molecule has 1 aromatic rings. The van der Waals surface area contributed by atoms with E-state index in [1.54, 1.807) is 12.1 Å². The van der Waals surface area contributed by atoms with Crippen LogP contribution in [-0.4, -0.2) is 31.1 Å². The van der Waals surface area contributed by atoms with E-state index in [4.69, 9.17) is 0 Å². The van der Waals surface area contributed by atoms with Crippen molar-refractivity contribution in [3.8, 4) is 0 Å². The lowest BCUT2D eigenvalue weighted by Gasteiger charge is -2.36. The van der Waals surface area contributed by atoms with Crippen LogP contribution in [0.25, 0.3) is 0 Å². The topological polar surface area (TPSA) is 15.3 Å². The molecule has 1 aliphatic heterocycles. The number of rotatable bonds is 3. The van der Waals surface area contributed by atoms with Crippen LogP contribution in [-0.2, 0) is 6.54 Å². The highest BCUT2D eigenvalue weighted by Crippen LogP contribution is 2.19. The predicted octanol–water partition coefficient (Wildman–Crippen LogP) is 2.26. The lowest BCUT2D eigenvalue weighted by Crippen LogP contribution is -2.46. The summed E-state index contributed by atoms with van der Waals surface area (Å²) in [6.07, 6.45) is 1.14. The second-order valence-electron chi connectivity index (χ2n) is 4.99. The van der Waals surface area contributed by atoms with Crippen LogP contribution in [0.2, 0.25) is 0 Å². The fraction of sp³-hybridized carbons (Fsp3) is 0.571. The van der Waals surface area contributed by atoms with E-state index in [1.165, 1.54) is 0 Å². The summed E-state index contributed by atoms with van der Waals surface area (Å²) in [6.45, 7) is 5.08. The first-order valence-electron chi connectivity index (χ1n) is 6.33. The normalized spacial score (nSPS) is 26.1. The number of halogens is 1. The van der Waals surface area contributed by atoms with Gasteiger partial charge in [0.05, 0.1) is 0 Å². The van der Waals surface area contributed by atoms with Gasteiger partial charge in [-0.25, -0.2) is 4.39 Å². The third-order valence-corrected chi connectivity index (χ3v) is 3.71. The van der Waals surface area contributed by atoms with Gasteiger partial charge in [-0.05, 0) is 32.0 Å². The molecule has 1 heterocycles. The van der Waals surface area contributed by atoms with Crippen molar-refractivity contribution < 1.29 is 4.39 Å². The van der Waals surface area contributed by atoms with Crippen molar-refractivity contribution in [1.82, 2.24) is 10.2 Å². The van der Waals surface area contributed by atoms with Gasteiger partial charge in [-0.1, -0.05) is 25.1 Å². The summed E-state index contributed by atoms with van der Waals surface area (Å²) in [5.41, 5.74) is 0.808. The second-order valence-corrected chi connectivity index (χ2v) is 4.99. The van der Waals surface area contributed by atoms with Gasteiger partial charge >= 0.3 is 0 Å². The van der Waals surface area contributed by atoms with E-state index in [9.17, 15) is 4.39 Å². The summed E-state index contributed by atoms with van der Waals surface area (Å²) in [7, 11) is 2.02. The van der Waals surface area contributed by atoms with E-state index in [0.29, 0.717) is 12.0 Å². The van der Waals surface area contributed by atoms with Crippen molar-refractivity contribution in [2.45, 2.75) is 25.9 Å². The second kappa shape index (κ2) is 5.61. The van der Waals surface area contributed by atoms with Crippen LogP contribution < -0.4 is 5.32 Å². The molecule has 1 fully saturated rings. The molecule has 0 amide bonds. The van der Waals surface area contributed by atoms with Gasteiger partial charge in [0.1, 0.15) is 5.82 Å². The van der Waals surface area contributed by atoms with Crippen molar-refractivity contribution in [3.63, 3.8) is 0 Å². The SMILES string of the molecule is CNC1CCN(Cc2ccccc2F)CC1C. The summed E-state index contributed by atoms with van der Waals surface area (Å²) < 4.78 is 13.5. The van der Waals surface area contributed by atoms with Gasteiger partial charge in [0, 0.05) is 24.7 Å². The predicted molar refractivity (Wildman–Crippen MR) is 68.3 cm³/mol. The number of nitrogens with one attached hydrogen (secondary N) is 1. The average Bonchev–Trinajstić information content (AvgIpc) is 2.32. The number of hydrogen-bond donors (Lipinski definition) is 1. The van der Waals surface area contributed by atoms with E-state index in [1.807, 2.05) is 19.2 Å². The number of likely N-dealkylation sites (tertiary alicyclic amines) is 1. The molecule has 0 bridgehead atoms. The van der Waals surface area contributed by atoms with E-state index in [0.717, 1.165) is 31.6 Å². The highest BCUT2D eigenvalue weighted by Gasteiger charge is 2.24. The Morgan fingerprint density at radius 1 is 1.41 bits per heavy atom. The Morgan fingerprint density at radius 3 is 2.82 bits per heavy atom. The van der Waals surface area contributed by atoms with Gasteiger partial charge in [0.2, 0.25) is 0 Å². The minimum absolute atomic E-state index is 0.0871. The first-order valence-corrected chi connectivity index (χ1v) is 6.33. The maximum atomic E-state index is 13.5. The molecule has 0 aliphatic carbocycles. The van der Waals surface area contributed by atoms with Gasteiger partial charge < -0.3 is 5.32 Å². The summed E-state index contributed by atoms with van der Waals surface area (Å²) >= 11 is 0. The summed E-state index contributed by atoms with van der Waals surface area (Å²) in [4.78, 5) is 2.34. The van der Waals surface area contributed by atoms with Gasteiger partial charge in [-0.3, -0.25) is 4.90 Å². The molecule has 3 heteroatoms. The average molecular weight is 236 g/mol. The van der Waals surface area contributed by atoms with Gasteiger partial charge in [0.25, 0.3) is 0 Å². The Morgan fingerprint density at radius 2 is 2.18 bits per heavy atom. The Labute approximate surface area is 103 Å².